The van der Waals surface area contributed by atoms with Gasteiger partial charge in [-0.2, -0.15) is 0 Å². The molecule has 2 aromatic rings. The topological polar surface area (TPSA) is 120 Å². The van der Waals surface area contributed by atoms with Crippen LogP contribution in [-0.2, 0) is 14.8 Å². The van der Waals surface area contributed by atoms with Crippen LogP contribution >= 0.6 is 0 Å². The Morgan fingerprint density at radius 2 is 1.81 bits per heavy atom. The largest absolute Gasteiger partial charge is 0.497 e. The molecule has 2 rings (SSSR count). The van der Waals surface area contributed by atoms with E-state index in [1.165, 1.54) is 12.1 Å². The van der Waals surface area contributed by atoms with E-state index in [0.717, 1.165) is 0 Å². The number of methoxy groups -OCH3 is 1. The summed E-state index contributed by atoms with van der Waals surface area (Å²) in [6.45, 7) is 1.92. The molecule has 1 unspecified atom stereocenters. The molecule has 4 N–H and O–H groups in total. The lowest BCUT2D eigenvalue weighted by Gasteiger charge is -2.15. The van der Waals surface area contributed by atoms with Gasteiger partial charge in [0.25, 0.3) is 5.91 Å². The molecule has 1 atom stereocenters. The van der Waals surface area contributed by atoms with E-state index >= 15 is 0 Å². The lowest BCUT2D eigenvalue weighted by atomic mass is 10.3. The number of anilines is 1. The van der Waals surface area contributed by atoms with Gasteiger partial charge in [-0.3, -0.25) is 4.79 Å². The zero-order valence-electron chi connectivity index (χ0n) is 15.1. The molecule has 0 saturated carbocycles. The summed E-state index contributed by atoms with van der Waals surface area (Å²) in [5.41, 5.74) is 5.67. The zero-order valence-corrected chi connectivity index (χ0v) is 16.0. The summed E-state index contributed by atoms with van der Waals surface area (Å²) in [7, 11) is -2.12. The molecular formula is C18H23N3O5S. The fourth-order valence-electron chi connectivity index (χ4n) is 2.17. The van der Waals surface area contributed by atoms with E-state index in [1.54, 1.807) is 50.4 Å². The molecule has 0 aromatic heterocycles. The van der Waals surface area contributed by atoms with Gasteiger partial charge in [-0.15, -0.1) is 0 Å². The van der Waals surface area contributed by atoms with Crippen LogP contribution in [0.3, 0.4) is 0 Å². The number of hydrogen-bond acceptors (Lipinski definition) is 6. The van der Waals surface area contributed by atoms with Crippen LogP contribution in [0.2, 0.25) is 0 Å². The van der Waals surface area contributed by atoms with E-state index < -0.39 is 22.0 Å². The van der Waals surface area contributed by atoms with Crippen molar-refractivity contribution >= 4 is 21.6 Å². The first-order valence-electron chi connectivity index (χ1n) is 8.27. The lowest BCUT2D eigenvalue weighted by molar-refractivity contribution is -0.122. The first kappa shape index (κ1) is 20.7. The van der Waals surface area contributed by atoms with Crippen molar-refractivity contribution in [1.82, 2.24) is 4.72 Å². The zero-order chi connectivity index (χ0) is 19.9. The van der Waals surface area contributed by atoms with E-state index in [1.807, 2.05) is 0 Å². The second-order valence-electron chi connectivity index (χ2n) is 5.64. The van der Waals surface area contributed by atoms with E-state index in [2.05, 4.69) is 10.0 Å². The number of nitrogens with two attached hydrogens (primary N) is 1. The Bertz CT molecular complexity index is 869. The second-order valence-corrected chi connectivity index (χ2v) is 7.41. The van der Waals surface area contributed by atoms with Gasteiger partial charge in [0, 0.05) is 18.8 Å². The van der Waals surface area contributed by atoms with Crippen molar-refractivity contribution < 1.29 is 22.7 Å². The van der Waals surface area contributed by atoms with Crippen LogP contribution in [0.1, 0.15) is 6.92 Å². The quantitative estimate of drug-likeness (QED) is 0.591. The SMILES string of the molecule is COc1ccc(OC(C)C(=O)Nc2cccc(S(=O)(=O)NCCN)c2)cc1. The van der Waals surface area contributed by atoms with Gasteiger partial charge in [0.05, 0.1) is 12.0 Å². The fraction of sp³-hybridized carbons (Fsp3) is 0.278. The Kier molecular flexibility index (Phi) is 7.17. The highest BCUT2D eigenvalue weighted by molar-refractivity contribution is 7.89. The molecule has 0 fully saturated rings. The molecule has 1 amide bonds. The first-order valence-corrected chi connectivity index (χ1v) is 9.75. The summed E-state index contributed by atoms with van der Waals surface area (Å²) < 4.78 is 37.3. The maximum Gasteiger partial charge on any atom is 0.265 e. The van der Waals surface area contributed by atoms with Crippen molar-refractivity contribution in [3.63, 3.8) is 0 Å². The standard InChI is InChI=1S/C18H23N3O5S/c1-13(26-16-8-6-15(25-2)7-9-16)18(22)21-14-4-3-5-17(12-14)27(23,24)20-11-10-19/h3-9,12-13,20H,10-11,19H2,1-2H3,(H,21,22). The Balaban J connectivity index is 2.03. The predicted octanol–water partition coefficient (Wildman–Crippen LogP) is 1.34. The summed E-state index contributed by atoms with van der Waals surface area (Å²) in [6.07, 6.45) is -0.783. The third kappa shape index (κ3) is 5.95. The normalized spacial score (nSPS) is 12.3. The van der Waals surface area contributed by atoms with Crippen LogP contribution in [0.4, 0.5) is 5.69 Å². The van der Waals surface area contributed by atoms with Gasteiger partial charge in [-0.1, -0.05) is 6.07 Å². The Labute approximate surface area is 158 Å². The van der Waals surface area contributed by atoms with Crippen LogP contribution in [-0.4, -0.2) is 40.6 Å². The smallest absolute Gasteiger partial charge is 0.265 e. The minimum Gasteiger partial charge on any atom is -0.497 e. The minimum atomic E-state index is -3.68. The Morgan fingerprint density at radius 3 is 2.44 bits per heavy atom. The highest BCUT2D eigenvalue weighted by Crippen LogP contribution is 2.19. The predicted molar refractivity (Wildman–Crippen MR) is 102 cm³/mol. The van der Waals surface area contributed by atoms with Crippen LogP contribution < -0.4 is 25.2 Å². The molecule has 0 spiro atoms. The average molecular weight is 393 g/mol. The molecule has 0 aliphatic heterocycles. The van der Waals surface area contributed by atoms with Crippen molar-refractivity contribution in [3.05, 3.63) is 48.5 Å². The van der Waals surface area contributed by atoms with Crippen LogP contribution in [0.5, 0.6) is 11.5 Å². The molecule has 0 saturated heterocycles. The molecule has 8 nitrogen and oxygen atoms in total. The van der Waals surface area contributed by atoms with Gasteiger partial charge in [0.2, 0.25) is 10.0 Å². The first-order chi connectivity index (χ1) is 12.9. The molecule has 9 heteroatoms. The van der Waals surface area contributed by atoms with Gasteiger partial charge in [0.15, 0.2) is 6.10 Å². The van der Waals surface area contributed by atoms with E-state index in [0.29, 0.717) is 17.2 Å². The van der Waals surface area contributed by atoms with Crippen LogP contribution in [0, 0.1) is 0 Å². The second kappa shape index (κ2) is 9.36. The molecule has 2 aromatic carbocycles. The average Bonchev–Trinajstić information content (AvgIpc) is 2.67. The number of amides is 1. The maximum absolute atomic E-state index is 12.3. The number of hydrogen-bond donors (Lipinski definition) is 3. The number of rotatable bonds is 9. The van der Waals surface area contributed by atoms with Gasteiger partial charge in [-0.05, 0) is 49.4 Å². The van der Waals surface area contributed by atoms with Crippen LogP contribution in [0.25, 0.3) is 0 Å². The molecule has 0 bridgehead atoms. The number of sulfonamides is 1. The molecule has 146 valence electrons. The van der Waals surface area contributed by atoms with E-state index in [4.69, 9.17) is 15.2 Å². The van der Waals surface area contributed by atoms with Gasteiger partial charge in [-0.25, -0.2) is 13.1 Å². The molecule has 0 heterocycles. The summed E-state index contributed by atoms with van der Waals surface area (Å²) in [6, 6.07) is 12.8. The number of nitrogens with one attached hydrogen (secondary N) is 2. The summed E-state index contributed by atoms with van der Waals surface area (Å²) in [5, 5.41) is 2.65. The van der Waals surface area contributed by atoms with Gasteiger partial charge >= 0.3 is 0 Å². The van der Waals surface area contributed by atoms with Crippen molar-refractivity contribution in [2.24, 2.45) is 5.73 Å². The summed E-state index contributed by atoms with van der Waals surface area (Å²) >= 11 is 0. The maximum atomic E-state index is 12.3. The molecule has 27 heavy (non-hydrogen) atoms. The fourth-order valence-corrected chi connectivity index (χ4v) is 3.27. The van der Waals surface area contributed by atoms with Crippen molar-refractivity contribution in [1.29, 1.82) is 0 Å². The van der Waals surface area contributed by atoms with Crippen molar-refractivity contribution in [3.8, 4) is 11.5 Å². The number of carbonyl (C=O) groups excluding carboxylic acids is 1. The highest BCUT2D eigenvalue weighted by Gasteiger charge is 2.17. The number of ether oxygens (including phenoxy) is 2. The van der Waals surface area contributed by atoms with Crippen LogP contribution in [0.15, 0.2) is 53.4 Å². The van der Waals surface area contributed by atoms with Gasteiger partial charge < -0.3 is 20.5 Å². The molecule has 0 radical (unpaired) electrons. The van der Waals surface area contributed by atoms with Crippen molar-refractivity contribution in [2.45, 2.75) is 17.9 Å². The third-order valence-electron chi connectivity index (χ3n) is 3.59. The Morgan fingerprint density at radius 1 is 1.15 bits per heavy atom. The highest BCUT2D eigenvalue weighted by atomic mass is 32.2. The minimum absolute atomic E-state index is 0.0393. The number of benzene rings is 2. The monoisotopic (exact) mass is 393 g/mol. The number of carbonyl (C=O) groups is 1. The molecular weight excluding hydrogens is 370 g/mol. The van der Waals surface area contributed by atoms with E-state index in [9.17, 15) is 13.2 Å². The Hall–Kier alpha value is -2.62. The molecule has 0 aliphatic carbocycles. The summed E-state index contributed by atoms with van der Waals surface area (Å²) in [4.78, 5) is 12.4. The summed E-state index contributed by atoms with van der Waals surface area (Å²) in [5.74, 6) is 0.789. The molecule has 0 aliphatic rings. The third-order valence-corrected chi connectivity index (χ3v) is 5.05. The van der Waals surface area contributed by atoms with Gasteiger partial charge in [0.1, 0.15) is 11.5 Å². The van der Waals surface area contributed by atoms with E-state index in [-0.39, 0.29) is 18.0 Å². The lowest BCUT2D eigenvalue weighted by Crippen LogP contribution is -2.31. The van der Waals surface area contributed by atoms with Crippen molar-refractivity contribution in [2.75, 3.05) is 25.5 Å².